The monoisotopic (exact) mass is 317 g/mol. The lowest BCUT2D eigenvalue weighted by molar-refractivity contribution is 0.0333. The number of halogens is 1. The molecule has 2 aromatic heterocycles. The highest BCUT2D eigenvalue weighted by Crippen LogP contribution is 2.39. The van der Waals surface area contributed by atoms with Crippen LogP contribution in [0.25, 0.3) is 0 Å². The molecule has 23 heavy (non-hydrogen) atoms. The van der Waals surface area contributed by atoms with Crippen molar-refractivity contribution in [2.45, 2.75) is 25.0 Å². The first kappa shape index (κ1) is 15.6. The SMILES string of the molecule is CN(C)c1nc(NC(c2ccccn2)C2CC(O)C2)ncc1F. The van der Waals surface area contributed by atoms with E-state index in [1.807, 2.05) is 18.2 Å². The van der Waals surface area contributed by atoms with Gasteiger partial charge in [0, 0.05) is 20.3 Å². The fourth-order valence-corrected chi connectivity index (χ4v) is 2.78. The lowest BCUT2D eigenvalue weighted by Crippen LogP contribution is -2.36. The molecule has 6 nitrogen and oxygen atoms in total. The molecule has 0 amide bonds. The Morgan fingerprint density at radius 3 is 2.70 bits per heavy atom. The number of hydrogen-bond donors (Lipinski definition) is 2. The predicted molar refractivity (Wildman–Crippen MR) is 85.6 cm³/mol. The Balaban J connectivity index is 1.85. The van der Waals surface area contributed by atoms with E-state index in [2.05, 4.69) is 20.3 Å². The van der Waals surface area contributed by atoms with E-state index in [1.165, 1.54) is 0 Å². The van der Waals surface area contributed by atoms with Crippen molar-refractivity contribution in [2.24, 2.45) is 5.92 Å². The summed E-state index contributed by atoms with van der Waals surface area (Å²) in [7, 11) is 3.46. The van der Waals surface area contributed by atoms with Crippen molar-refractivity contribution >= 4 is 11.8 Å². The third-order valence-corrected chi connectivity index (χ3v) is 4.06. The fraction of sp³-hybridized carbons (Fsp3) is 0.438. The average molecular weight is 317 g/mol. The molecule has 1 saturated carbocycles. The van der Waals surface area contributed by atoms with Gasteiger partial charge in [-0.15, -0.1) is 0 Å². The molecule has 1 atom stereocenters. The second-order valence-corrected chi connectivity index (χ2v) is 6.02. The molecular formula is C16H20FN5O. The van der Waals surface area contributed by atoms with Crippen LogP contribution in [0.3, 0.4) is 0 Å². The van der Waals surface area contributed by atoms with Crippen LogP contribution in [0.2, 0.25) is 0 Å². The molecule has 1 aliphatic rings. The van der Waals surface area contributed by atoms with E-state index < -0.39 is 5.82 Å². The molecule has 0 aromatic carbocycles. The number of nitrogens with one attached hydrogen (secondary N) is 1. The van der Waals surface area contributed by atoms with Crippen LogP contribution in [0.4, 0.5) is 16.2 Å². The summed E-state index contributed by atoms with van der Waals surface area (Å²) in [5, 5.41) is 12.8. The quantitative estimate of drug-likeness (QED) is 0.878. The van der Waals surface area contributed by atoms with Crippen LogP contribution in [-0.4, -0.2) is 40.3 Å². The van der Waals surface area contributed by atoms with Crippen LogP contribution in [-0.2, 0) is 0 Å². The standard InChI is InChI=1S/C16H20FN5O/c1-22(2)15-12(17)9-19-16(21-15)20-14(10-7-11(23)8-10)13-5-3-4-6-18-13/h3-6,9-11,14,23H,7-8H2,1-2H3,(H,19,20,21). The Hall–Kier alpha value is -2.28. The minimum absolute atomic E-state index is 0.111. The Morgan fingerprint density at radius 1 is 1.30 bits per heavy atom. The molecule has 2 aromatic rings. The van der Waals surface area contributed by atoms with E-state index in [0.717, 1.165) is 11.9 Å². The first-order valence-electron chi connectivity index (χ1n) is 7.60. The Labute approximate surface area is 134 Å². The highest BCUT2D eigenvalue weighted by atomic mass is 19.1. The third kappa shape index (κ3) is 3.39. The Kier molecular flexibility index (Phi) is 4.38. The van der Waals surface area contributed by atoms with Gasteiger partial charge in [-0.1, -0.05) is 6.07 Å². The zero-order valence-electron chi connectivity index (χ0n) is 13.1. The summed E-state index contributed by atoms with van der Waals surface area (Å²) in [5.41, 5.74) is 0.865. The van der Waals surface area contributed by atoms with Crippen LogP contribution in [0.5, 0.6) is 0 Å². The molecule has 3 rings (SSSR count). The van der Waals surface area contributed by atoms with Gasteiger partial charge in [0.25, 0.3) is 0 Å². The van der Waals surface area contributed by atoms with Gasteiger partial charge < -0.3 is 15.3 Å². The molecule has 0 radical (unpaired) electrons. The van der Waals surface area contributed by atoms with Crippen molar-refractivity contribution in [3.05, 3.63) is 42.1 Å². The van der Waals surface area contributed by atoms with Crippen molar-refractivity contribution in [2.75, 3.05) is 24.3 Å². The van der Waals surface area contributed by atoms with Crippen molar-refractivity contribution in [3.8, 4) is 0 Å². The first-order valence-corrected chi connectivity index (χ1v) is 7.60. The average Bonchev–Trinajstić information content (AvgIpc) is 2.52. The molecule has 0 aliphatic heterocycles. The number of nitrogens with zero attached hydrogens (tertiary/aromatic N) is 4. The zero-order chi connectivity index (χ0) is 16.4. The zero-order valence-corrected chi connectivity index (χ0v) is 13.1. The van der Waals surface area contributed by atoms with E-state index in [0.29, 0.717) is 18.8 Å². The number of anilines is 2. The van der Waals surface area contributed by atoms with Gasteiger partial charge in [-0.05, 0) is 30.9 Å². The summed E-state index contributed by atoms with van der Waals surface area (Å²) in [6, 6.07) is 5.59. The minimum atomic E-state index is -0.464. The predicted octanol–water partition coefficient (Wildman–Crippen LogP) is 2.00. The number of pyridine rings is 1. The highest BCUT2D eigenvalue weighted by Gasteiger charge is 2.36. The molecule has 1 aliphatic carbocycles. The van der Waals surface area contributed by atoms with Gasteiger partial charge in [0.15, 0.2) is 11.6 Å². The Morgan fingerprint density at radius 2 is 2.09 bits per heavy atom. The summed E-state index contributed by atoms with van der Waals surface area (Å²) in [6.45, 7) is 0. The minimum Gasteiger partial charge on any atom is -0.393 e. The van der Waals surface area contributed by atoms with Gasteiger partial charge in [0.1, 0.15) is 0 Å². The number of rotatable bonds is 5. The largest absolute Gasteiger partial charge is 0.393 e. The van der Waals surface area contributed by atoms with Crippen molar-refractivity contribution in [1.29, 1.82) is 0 Å². The van der Waals surface area contributed by atoms with Crippen LogP contribution >= 0.6 is 0 Å². The van der Waals surface area contributed by atoms with Gasteiger partial charge in [0.2, 0.25) is 5.95 Å². The topological polar surface area (TPSA) is 74.2 Å². The molecule has 1 unspecified atom stereocenters. The van der Waals surface area contributed by atoms with Crippen LogP contribution in [0, 0.1) is 11.7 Å². The molecule has 1 fully saturated rings. The highest BCUT2D eigenvalue weighted by molar-refractivity contribution is 5.43. The number of aliphatic hydroxyl groups is 1. The van der Waals surface area contributed by atoms with Gasteiger partial charge in [-0.2, -0.15) is 4.98 Å². The maximum absolute atomic E-state index is 13.7. The maximum Gasteiger partial charge on any atom is 0.225 e. The fourth-order valence-electron chi connectivity index (χ4n) is 2.78. The van der Waals surface area contributed by atoms with Crippen molar-refractivity contribution in [1.82, 2.24) is 15.0 Å². The van der Waals surface area contributed by atoms with Gasteiger partial charge >= 0.3 is 0 Å². The summed E-state index contributed by atoms with van der Waals surface area (Å²) < 4.78 is 13.7. The first-order chi connectivity index (χ1) is 11.0. The number of aromatic nitrogens is 3. The van der Waals surface area contributed by atoms with Crippen LogP contribution < -0.4 is 10.2 Å². The van der Waals surface area contributed by atoms with E-state index in [1.54, 1.807) is 25.2 Å². The normalized spacial score (nSPS) is 21.4. The van der Waals surface area contributed by atoms with E-state index >= 15 is 0 Å². The lowest BCUT2D eigenvalue weighted by Gasteiger charge is -2.37. The van der Waals surface area contributed by atoms with Crippen LogP contribution in [0.1, 0.15) is 24.6 Å². The second kappa shape index (κ2) is 6.45. The lowest BCUT2D eigenvalue weighted by atomic mass is 9.76. The number of hydrogen-bond acceptors (Lipinski definition) is 6. The second-order valence-electron chi connectivity index (χ2n) is 6.02. The summed E-state index contributed by atoms with van der Waals surface area (Å²) in [6.07, 6.45) is 4.04. The van der Waals surface area contributed by atoms with Gasteiger partial charge in [0.05, 0.1) is 24.0 Å². The maximum atomic E-state index is 13.7. The molecule has 122 valence electrons. The van der Waals surface area contributed by atoms with E-state index in [4.69, 9.17) is 0 Å². The van der Waals surface area contributed by atoms with Crippen molar-refractivity contribution < 1.29 is 9.50 Å². The van der Waals surface area contributed by atoms with Gasteiger partial charge in [-0.3, -0.25) is 4.98 Å². The molecule has 0 spiro atoms. The van der Waals surface area contributed by atoms with E-state index in [-0.39, 0.29) is 23.9 Å². The summed E-state index contributed by atoms with van der Waals surface area (Å²) in [4.78, 5) is 14.3. The smallest absolute Gasteiger partial charge is 0.225 e. The molecular weight excluding hydrogens is 297 g/mol. The molecule has 0 bridgehead atoms. The van der Waals surface area contributed by atoms with Crippen LogP contribution in [0.15, 0.2) is 30.6 Å². The summed E-state index contributed by atoms with van der Waals surface area (Å²) >= 11 is 0. The molecule has 2 heterocycles. The van der Waals surface area contributed by atoms with Crippen molar-refractivity contribution in [3.63, 3.8) is 0 Å². The summed E-state index contributed by atoms with van der Waals surface area (Å²) in [5.74, 6) is 0.369. The number of aliphatic hydroxyl groups excluding tert-OH is 1. The Bertz CT molecular complexity index is 661. The van der Waals surface area contributed by atoms with E-state index in [9.17, 15) is 9.50 Å². The third-order valence-electron chi connectivity index (χ3n) is 4.06. The molecule has 7 heteroatoms. The molecule has 2 N–H and O–H groups in total. The molecule has 0 saturated heterocycles. The van der Waals surface area contributed by atoms with Gasteiger partial charge in [-0.25, -0.2) is 9.37 Å².